The first-order valence-corrected chi connectivity index (χ1v) is 13.3. The first kappa shape index (κ1) is 26.6. The highest BCUT2D eigenvalue weighted by Crippen LogP contribution is 2.31. The van der Waals surface area contributed by atoms with Crippen molar-refractivity contribution in [3.05, 3.63) is 82.9 Å². The van der Waals surface area contributed by atoms with Crippen molar-refractivity contribution < 1.29 is 19.2 Å². The van der Waals surface area contributed by atoms with Crippen LogP contribution in [0.3, 0.4) is 0 Å². The van der Waals surface area contributed by atoms with Gasteiger partial charge in [-0.05, 0) is 61.7 Å². The Bertz CT molecular complexity index is 1710. The molecule has 4 aromatic rings. The molecule has 1 aliphatic carbocycles. The molecule has 0 saturated heterocycles. The summed E-state index contributed by atoms with van der Waals surface area (Å²) in [5, 5.41) is 17.3. The van der Waals surface area contributed by atoms with Crippen molar-refractivity contribution >= 4 is 45.2 Å². The first-order chi connectivity index (χ1) is 19.4. The van der Waals surface area contributed by atoms with Crippen molar-refractivity contribution in [2.45, 2.75) is 45.1 Å². The number of nitrogens with one attached hydrogen (secondary N) is 2. The molecule has 0 atom stereocenters. The van der Waals surface area contributed by atoms with Gasteiger partial charge in [-0.2, -0.15) is 5.26 Å². The molecule has 5 rings (SSSR count). The van der Waals surface area contributed by atoms with Gasteiger partial charge in [0, 0.05) is 40.6 Å². The highest BCUT2D eigenvalue weighted by atomic mass is 16.7. The van der Waals surface area contributed by atoms with E-state index in [1.807, 2.05) is 41.9 Å². The zero-order chi connectivity index (χ0) is 28.2. The number of hydrogen-bond acceptors (Lipinski definition) is 7. The molecule has 2 N–H and O–H groups in total. The van der Waals surface area contributed by atoms with Crippen LogP contribution in [0, 0.1) is 18.3 Å². The Labute approximate surface area is 231 Å². The lowest BCUT2D eigenvalue weighted by Crippen LogP contribution is -2.36. The molecule has 9 nitrogen and oxygen atoms in total. The van der Waals surface area contributed by atoms with Gasteiger partial charge in [0.1, 0.15) is 6.07 Å². The van der Waals surface area contributed by atoms with Crippen LogP contribution in [0.2, 0.25) is 0 Å². The maximum atomic E-state index is 13.3. The summed E-state index contributed by atoms with van der Waals surface area (Å²) in [5.41, 5.74) is 6.44. The molecule has 0 radical (unpaired) electrons. The zero-order valence-electron chi connectivity index (χ0n) is 22.4. The average molecular weight is 536 g/mol. The van der Waals surface area contributed by atoms with E-state index in [4.69, 9.17) is 4.84 Å². The second kappa shape index (κ2) is 11.4. The predicted molar refractivity (Wildman–Crippen MR) is 153 cm³/mol. The molecule has 1 amide bonds. The maximum Gasteiger partial charge on any atom is 0.433 e. The molecule has 0 unspecified atom stereocenters. The summed E-state index contributed by atoms with van der Waals surface area (Å²) in [6, 6.07) is 19.6. The lowest BCUT2D eigenvalue weighted by molar-refractivity contribution is 0.103. The van der Waals surface area contributed by atoms with Crippen LogP contribution in [-0.2, 0) is 4.84 Å². The SMILES string of the molecule is CNn1c2ccc(C(=O)/C(C#N)=N/OC(=O)NC3CCCCC3)cc2c2cc(C(=O)c3ccccc3C)ccc21. The van der Waals surface area contributed by atoms with Crippen molar-refractivity contribution in [1.82, 2.24) is 9.99 Å². The summed E-state index contributed by atoms with van der Waals surface area (Å²) in [4.78, 5) is 43.5. The van der Waals surface area contributed by atoms with Gasteiger partial charge in [-0.1, -0.05) is 48.7 Å². The smallest absolute Gasteiger partial charge is 0.328 e. The summed E-state index contributed by atoms with van der Waals surface area (Å²) < 4.78 is 1.86. The third-order valence-corrected chi connectivity index (χ3v) is 7.37. The van der Waals surface area contributed by atoms with Crippen LogP contribution >= 0.6 is 0 Å². The third-order valence-electron chi connectivity index (χ3n) is 7.37. The number of carbonyl (C=O) groups is 3. The number of oxime groups is 1. The van der Waals surface area contributed by atoms with Crippen LogP contribution in [0.25, 0.3) is 21.8 Å². The Balaban J connectivity index is 1.46. The fraction of sp³-hybridized carbons (Fsp3) is 0.258. The van der Waals surface area contributed by atoms with Gasteiger partial charge < -0.3 is 10.7 Å². The summed E-state index contributed by atoms with van der Waals surface area (Å²) in [6.07, 6.45) is 4.14. The minimum Gasteiger partial charge on any atom is -0.328 e. The highest BCUT2D eigenvalue weighted by Gasteiger charge is 2.21. The Kier molecular flexibility index (Phi) is 7.60. The van der Waals surface area contributed by atoms with Gasteiger partial charge >= 0.3 is 6.09 Å². The van der Waals surface area contributed by atoms with E-state index < -0.39 is 17.6 Å². The quantitative estimate of drug-likeness (QED) is 0.137. The minimum atomic E-state index is -0.786. The van der Waals surface area contributed by atoms with Crippen molar-refractivity contribution in [3.8, 4) is 6.07 Å². The van der Waals surface area contributed by atoms with Crippen LogP contribution < -0.4 is 10.7 Å². The van der Waals surface area contributed by atoms with Crippen molar-refractivity contribution in [2.24, 2.45) is 5.16 Å². The summed E-state index contributed by atoms with van der Waals surface area (Å²) >= 11 is 0. The van der Waals surface area contributed by atoms with E-state index in [9.17, 15) is 19.6 Å². The monoisotopic (exact) mass is 535 g/mol. The molecular weight excluding hydrogens is 506 g/mol. The van der Waals surface area contributed by atoms with Crippen molar-refractivity contribution in [1.29, 1.82) is 5.26 Å². The molecule has 0 spiro atoms. The van der Waals surface area contributed by atoms with Gasteiger partial charge in [-0.15, -0.1) is 0 Å². The van der Waals surface area contributed by atoms with Gasteiger partial charge in [0.05, 0.1) is 11.0 Å². The Morgan fingerprint density at radius 2 is 1.60 bits per heavy atom. The lowest BCUT2D eigenvalue weighted by Gasteiger charge is -2.21. The van der Waals surface area contributed by atoms with Gasteiger partial charge in [-0.3, -0.25) is 19.1 Å². The number of aromatic nitrogens is 1. The fourth-order valence-electron chi connectivity index (χ4n) is 5.31. The topological polar surface area (TPSA) is 126 Å². The largest absolute Gasteiger partial charge is 0.433 e. The molecule has 1 saturated carbocycles. The van der Waals surface area contributed by atoms with Crippen LogP contribution in [-0.4, -0.2) is 41.1 Å². The molecule has 1 fully saturated rings. The number of amides is 1. The van der Waals surface area contributed by atoms with Gasteiger partial charge in [0.25, 0.3) is 0 Å². The second-order valence-electron chi connectivity index (χ2n) is 9.91. The predicted octanol–water partition coefficient (Wildman–Crippen LogP) is 5.63. The Morgan fingerprint density at radius 1 is 0.950 bits per heavy atom. The van der Waals surface area contributed by atoms with Crippen molar-refractivity contribution in [2.75, 3.05) is 12.5 Å². The third kappa shape index (κ3) is 5.16. The molecule has 3 aromatic carbocycles. The first-order valence-electron chi connectivity index (χ1n) is 13.3. The summed E-state index contributed by atoms with van der Waals surface area (Å²) in [6.45, 7) is 1.90. The normalized spacial score (nSPS) is 14.1. The van der Waals surface area contributed by atoms with Crippen LogP contribution in [0.15, 0.2) is 65.8 Å². The number of nitrogens with zero attached hydrogens (tertiary/aromatic N) is 3. The molecule has 0 bridgehead atoms. The maximum absolute atomic E-state index is 13.3. The number of carbonyl (C=O) groups excluding carboxylic acids is 3. The molecule has 40 heavy (non-hydrogen) atoms. The molecule has 0 aliphatic heterocycles. The average Bonchev–Trinajstić information content (AvgIpc) is 3.30. The number of fused-ring (bicyclic) bond motifs is 3. The van der Waals surface area contributed by atoms with Gasteiger partial charge in [-0.25, -0.2) is 4.79 Å². The zero-order valence-corrected chi connectivity index (χ0v) is 22.4. The van der Waals surface area contributed by atoms with E-state index in [-0.39, 0.29) is 17.4 Å². The number of hydrogen-bond donors (Lipinski definition) is 2. The lowest BCUT2D eigenvalue weighted by atomic mass is 9.96. The molecule has 1 aromatic heterocycles. The van der Waals surface area contributed by atoms with E-state index in [1.54, 1.807) is 43.4 Å². The van der Waals surface area contributed by atoms with E-state index in [2.05, 4.69) is 15.9 Å². The number of Topliss-reactive ketones (excluding diaryl/α,β-unsaturated/α-hetero) is 1. The standard InChI is InChI=1S/C31H29N5O4/c1-19-8-6-7-11-23(19)29(37)20-12-14-27-24(16-20)25-17-21(13-15-28(25)36(27)33-2)30(38)26(18-32)35-40-31(39)34-22-9-4-3-5-10-22/h6-8,11-17,22,33H,3-5,9-10H2,1-2H3,(H,34,39)/b35-26+. The fourth-order valence-corrected chi connectivity index (χ4v) is 5.31. The number of benzene rings is 3. The van der Waals surface area contributed by atoms with E-state index in [0.29, 0.717) is 16.5 Å². The number of ketones is 2. The molecule has 1 heterocycles. The minimum absolute atomic E-state index is 0.00663. The van der Waals surface area contributed by atoms with Crippen LogP contribution in [0.5, 0.6) is 0 Å². The Morgan fingerprint density at radius 3 is 2.25 bits per heavy atom. The van der Waals surface area contributed by atoms with Crippen LogP contribution in [0.1, 0.15) is 63.9 Å². The van der Waals surface area contributed by atoms with Crippen LogP contribution in [0.4, 0.5) is 4.79 Å². The summed E-state index contributed by atoms with van der Waals surface area (Å²) in [5.74, 6) is -0.771. The molecule has 9 heteroatoms. The molecular formula is C31H29N5O4. The highest BCUT2D eigenvalue weighted by molar-refractivity contribution is 6.51. The van der Waals surface area contributed by atoms with E-state index >= 15 is 0 Å². The molecule has 1 aliphatic rings. The Hall–Kier alpha value is -4.97. The molecule has 202 valence electrons. The van der Waals surface area contributed by atoms with Crippen molar-refractivity contribution in [3.63, 3.8) is 0 Å². The van der Waals surface area contributed by atoms with Gasteiger partial charge in [0.2, 0.25) is 11.5 Å². The second-order valence-corrected chi connectivity index (χ2v) is 9.91. The number of aryl methyl sites for hydroxylation is 1. The summed E-state index contributed by atoms with van der Waals surface area (Å²) in [7, 11) is 1.78. The van der Waals surface area contributed by atoms with E-state index in [0.717, 1.165) is 54.1 Å². The van der Waals surface area contributed by atoms with E-state index in [1.165, 1.54) is 0 Å². The number of nitriles is 1. The van der Waals surface area contributed by atoms with Gasteiger partial charge in [0.15, 0.2) is 5.78 Å². The number of rotatable bonds is 7.